The number of nitrogens with zero attached hydrogens (tertiary/aromatic N) is 4. The van der Waals surface area contributed by atoms with Gasteiger partial charge in [0.25, 0.3) is 5.91 Å². The zero-order chi connectivity index (χ0) is 21.2. The molecule has 2 aromatic carbocycles. The Morgan fingerprint density at radius 2 is 2.03 bits per heavy atom. The number of thiazole rings is 1. The lowest BCUT2D eigenvalue weighted by atomic mass is 9.97. The van der Waals surface area contributed by atoms with Gasteiger partial charge in [-0.05, 0) is 53.4 Å². The highest BCUT2D eigenvalue weighted by molar-refractivity contribution is 7.15. The largest absolute Gasteiger partial charge is 0.343 e. The fourth-order valence-corrected chi connectivity index (χ4v) is 4.83. The number of nitrogens with one attached hydrogen (secondary N) is 1. The van der Waals surface area contributed by atoms with E-state index >= 15 is 0 Å². The fourth-order valence-electron chi connectivity index (χ4n) is 3.86. The molecule has 7 nitrogen and oxygen atoms in total. The van der Waals surface area contributed by atoms with Crippen LogP contribution in [-0.2, 0) is 19.4 Å². The number of carbonyl (C=O) groups excluding carboxylic acids is 1. The van der Waals surface area contributed by atoms with Crippen molar-refractivity contribution >= 4 is 22.4 Å². The van der Waals surface area contributed by atoms with Crippen molar-refractivity contribution in [2.75, 3.05) is 11.4 Å². The Labute approximate surface area is 184 Å². The Morgan fingerprint density at radius 1 is 1.16 bits per heavy atom. The van der Waals surface area contributed by atoms with E-state index in [1.807, 2.05) is 41.3 Å². The lowest BCUT2D eigenvalue weighted by Crippen LogP contribution is -2.32. The molecule has 0 saturated carbocycles. The van der Waals surface area contributed by atoms with Crippen LogP contribution < -0.4 is 16.2 Å². The van der Waals surface area contributed by atoms with Crippen molar-refractivity contribution in [1.82, 2.24) is 20.2 Å². The van der Waals surface area contributed by atoms with Crippen LogP contribution >= 0.6 is 11.3 Å². The van der Waals surface area contributed by atoms with Crippen molar-refractivity contribution in [2.24, 2.45) is 5.84 Å². The number of carbonyl (C=O) groups is 1. The molecule has 1 amide bonds. The molecule has 0 aliphatic carbocycles. The molecule has 1 aliphatic rings. The number of fused-ring (bicyclic) bond motifs is 1. The van der Waals surface area contributed by atoms with E-state index in [2.05, 4.69) is 44.7 Å². The van der Waals surface area contributed by atoms with E-state index in [9.17, 15) is 4.79 Å². The van der Waals surface area contributed by atoms with Crippen molar-refractivity contribution in [3.63, 3.8) is 0 Å². The number of benzene rings is 2. The molecule has 0 saturated heterocycles. The molecule has 0 bridgehead atoms. The molecule has 8 heteroatoms. The molecule has 0 fully saturated rings. The monoisotopic (exact) mass is 430 g/mol. The summed E-state index contributed by atoms with van der Waals surface area (Å²) in [5, 5.41) is 5.28. The Balaban J connectivity index is 1.28. The first-order valence-corrected chi connectivity index (χ1v) is 10.9. The van der Waals surface area contributed by atoms with Gasteiger partial charge in [0.1, 0.15) is 0 Å². The summed E-state index contributed by atoms with van der Waals surface area (Å²) in [7, 11) is 0. The molecule has 0 atom stereocenters. The topological polar surface area (TPSA) is 89.1 Å². The van der Waals surface area contributed by atoms with Crippen molar-refractivity contribution in [3.8, 4) is 5.69 Å². The number of rotatable bonds is 5. The SMILES string of the molecule is NNC(=O)c1ccc2c(c1)CN(c1ncc(Cc3ccc(-n4cccn4)cc3)s1)CC2. The quantitative estimate of drug-likeness (QED) is 0.289. The number of hydrogen-bond acceptors (Lipinski definition) is 6. The van der Waals surface area contributed by atoms with Crippen LogP contribution in [0, 0.1) is 0 Å². The minimum absolute atomic E-state index is 0.268. The van der Waals surface area contributed by atoms with Gasteiger partial charge in [-0.3, -0.25) is 10.2 Å². The zero-order valence-electron chi connectivity index (χ0n) is 16.9. The minimum atomic E-state index is -0.268. The number of aromatic nitrogens is 3. The summed E-state index contributed by atoms with van der Waals surface area (Å²) in [6.45, 7) is 1.66. The van der Waals surface area contributed by atoms with Gasteiger partial charge in [-0.15, -0.1) is 11.3 Å². The molecular weight excluding hydrogens is 408 g/mol. The molecule has 0 spiro atoms. The lowest BCUT2D eigenvalue weighted by molar-refractivity contribution is 0.0953. The minimum Gasteiger partial charge on any atom is -0.343 e. The van der Waals surface area contributed by atoms with Crippen LogP contribution in [0.2, 0.25) is 0 Å². The van der Waals surface area contributed by atoms with Gasteiger partial charge < -0.3 is 4.90 Å². The standard InChI is InChI=1S/C23H22N6OS/c24-27-22(30)18-5-4-17-8-11-28(15-19(17)13-18)23-25-14-21(31-23)12-16-2-6-20(7-3-16)29-10-1-9-26-29/h1-7,9-10,13-14H,8,11-12,15,24H2,(H,27,30). The Bertz CT molecular complexity index is 1200. The number of nitrogen functional groups attached to an aromatic ring is 1. The van der Waals surface area contributed by atoms with E-state index in [1.54, 1.807) is 17.5 Å². The van der Waals surface area contributed by atoms with Gasteiger partial charge in [0, 0.05) is 48.5 Å². The van der Waals surface area contributed by atoms with Crippen LogP contribution in [0.3, 0.4) is 0 Å². The average Bonchev–Trinajstić information content (AvgIpc) is 3.51. The predicted molar refractivity (Wildman–Crippen MR) is 121 cm³/mol. The van der Waals surface area contributed by atoms with E-state index in [1.165, 1.54) is 16.0 Å². The lowest BCUT2D eigenvalue weighted by Gasteiger charge is -2.28. The zero-order valence-corrected chi connectivity index (χ0v) is 17.7. The molecule has 2 aromatic heterocycles. The number of nitrogens with two attached hydrogens (primary N) is 1. The van der Waals surface area contributed by atoms with Gasteiger partial charge in [0.2, 0.25) is 0 Å². The average molecular weight is 431 g/mol. The Morgan fingerprint density at radius 3 is 2.81 bits per heavy atom. The van der Waals surface area contributed by atoms with E-state index in [4.69, 9.17) is 5.84 Å². The van der Waals surface area contributed by atoms with Gasteiger partial charge in [-0.25, -0.2) is 15.5 Å². The molecule has 4 aromatic rings. The summed E-state index contributed by atoms with van der Waals surface area (Å²) in [4.78, 5) is 20.0. The highest BCUT2D eigenvalue weighted by Crippen LogP contribution is 2.30. The van der Waals surface area contributed by atoms with E-state index in [0.29, 0.717) is 5.56 Å². The van der Waals surface area contributed by atoms with Crippen LogP contribution in [0.1, 0.15) is 31.9 Å². The number of hydrazine groups is 1. The Kier molecular flexibility index (Phi) is 5.23. The predicted octanol–water partition coefficient (Wildman–Crippen LogP) is 3.09. The molecule has 5 rings (SSSR count). The highest BCUT2D eigenvalue weighted by Gasteiger charge is 2.20. The molecule has 156 valence electrons. The van der Waals surface area contributed by atoms with Gasteiger partial charge in [0.05, 0.1) is 5.69 Å². The maximum atomic E-state index is 11.9. The molecule has 3 N–H and O–H groups in total. The molecule has 1 aliphatic heterocycles. The fraction of sp³-hybridized carbons (Fsp3) is 0.174. The van der Waals surface area contributed by atoms with Crippen LogP contribution in [0.5, 0.6) is 0 Å². The maximum absolute atomic E-state index is 11.9. The summed E-state index contributed by atoms with van der Waals surface area (Å²) >= 11 is 1.72. The number of hydrogen-bond donors (Lipinski definition) is 2. The van der Waals surface area contributed by atoms with Crippen molar-refractivity contribution in [2.45, 2.75) is 19.4 Å². The second kappa shape index (κ2) is 8.33. The molecular formula is C23H22N6OS. The van der Waals surface area contributed by atoms with Crippen LogP contribution in [0.25, 0.3) is 5.69 Å². The first kappa shape index (κ1) is 19.5. The summed E-state index contributed by atoms with van der Waals surface area (Å²) < 4.78 is 1.85. The van der Waals surface area contributed by atoms with Crippen LogP contribution in [-0.4, -0.2) is 27.2 Å². The molecule has 3 heterocycles. The first-order valence-electron chi connectivity index (χ1n) is 10.1. The van der Waals surface area contributed by atoms with Crippen LogP contribution in [0.15, 0.2) is 67.1 Å². The molecule has 31 heavy (non-hydrogen) atoms. The second-order valence-corrected chi connectivity index (χ2v) is 8.63. The first-order chi connectivity index (χ1) is 15.2. The Hall–Kier alpha value is -3.49. The van der Waals surface area contributed by atoms with E-state index < -0.39 is 0 Å². The van der Waals surface area contributed by atoms with E-state index in [-0.39, 0.29) is 5.91 Å². The van der Waals surface area contributed by atoms with Gasteiger partial charge >= 0.3 is 0 Å². The van der Waals surface area contributed by atoms with Crippen molar-refractivity contribution in [1.29, 1.82) is 0 Å². The summed E-state index contributed by atoms with van der Waals surface area (Å²) in [5.41, 5.74) is 7.51. The number of amides is 1. The third kappa shape index (κ3) is 4.08. The van der Waals surface area contributed by atoms with Gasteiger partial charge in [-0.2, -0.15) is 5.10 Å². The van der Waals surface area contributed by atoms with Gasteiger partial charge in [-0.1, -0.05) is 18.2 Å². The van der Waals surface area contributed by atoms with Crippen molar-refractivity contribution in [3.05, 3.63) is 94.3 Å². The van der Waals surface area contributed by atoms with Gasteiger partial charge in [0.15, 0.2) is 5.13 Å². The second-order valence-electron chi connectivity index (χ2n) is 7.53. The van der Waals surface area contributed by atoms with Crippen molar-refractivity contribution < 1.29 is 4.79 Å². The summed E-state index contributed by atoms with van der Waals surface area (Å²) in [5.74, 6) is 5.01. The number of anilines is 1. The molecule has 0 unspecified atom stereocenters. The smallest absolute Gasteiger partial charge is 0.265 e. The summed E-state index contributed by atoms with van der Waals surface area (Å²) in [6.07, 6.45) is 7.47. The van der Waals surface area contributed by atoms with E-state index in [0.717, 1.165) is 42.3 Å². The molecule has 0 radical (unpaired) electrons. The van der Waals surface area contributed by atoms with Crippen LogP contribution in [0.4, 0.5) is 5.13 Å². The normalized spacial score (nSPS) is 13.1. The third-order valence-corrected chi connectivity index (χ3v) is 6.57. The summed E-state index contributed by atoms with van der Waals surface area (Å²) in [6, 6.07) is 16.1. The highest BCUT2D eigenvalue weighted by atomic mass is 32.1. The maximum Gasteiger partial charge on any atom is 0.265 e. The third-order valence-electron chi connectivity index (χ3n) is 5.51.